The molecule has 0 rings (SSSR count). The summed E-state index contributed by atoms with van der Waals surface area (Å²) in [5, 5.41) is 0. The summed E-state index contributed by atoms with van der Waals surface area (Å²) in [7, 11) is 0. The topological polar surface area (TPSA) is 0 Å². The molecule has 41 valence electrons. The highest BCUT2D eigenvalue weighted by Crippen LogP contribution is 2.26. The highest BCUT2D eigenvalue weighted by Gasteiger charge is 1.89. The van der Waals surface area contributed by atoms with Gasteiger partial charge < -0.3 is 0 Å². The average molecular weight is 433 g/mol. The van der Waals surface area contributed by atoms with Crippen LogP contribution in [0.5, 0.6) is 0 Å². The third-order valence-corrected chi connectivity index (χ3v) is 4.87. The van der Waals surface area contributed by atoms with Crippen LogP contribution in [-0.2, 0) is 0 Å². The van der Waals surface area contributed by atoms with Gasteiger partial charge in [-0.1, -0.05) is 0 Å². The zero-order chi connectivity index (χ0) is 5.86. The summed E-state index contributed by atoms with van der Waals surface area (Å²) in [5.74, 6) is 0. The van der Waals surface area contributed by atoms with Crippen molar-refractivity contribution in [1.82, 2.24) is 0 Å². The van der Waals surface area contributed by atoms with Crippen LogP contribution in [0.1, 0.15) is 6.42 Å². The molecule has 3 heteroatoms. The second-order valence-electron chi connectivity index (χ2n) is 0.915. The molecule has 0 saturated carbocycles. The smallest absolute Gasteiger partial charge is 0.0484 e. The fraction of sp³-hybridized carbons (Fsp3) is 0.250. The van der Waals surface area contributed by atoms with Crippen LogP contribution < -0.4 is 0 Å². The van der Waals surface area contributed by atoms with E-state index in [4.69, 9.17) is 0 Å². The highest BCUT2D eigenvalue weighted by atomic mass is 127. The van der Waals surface area contributed by atoms with Gasteiger partial charge in [-0.2, -0.15) is 0 Å². The Kier molecular flexibility index (Phi) is 6.09. The first kappa shape index (κ1) is 8.93. The summed E-state index contributed by atoms with van der Waals surface area (Å²) in [6.07, 6.45) is 0.918. The van der Waals surface area contributed by atoms with E-state index in [0.29, 0.717) is 0 Å². The lowest BCUT2D eigenvalue weighted by molar-refractivity contribution is 1.40. The van der Waals surface area contributed by atoms with Crippen molar-refractivity contribution in [2.75, 3.05) is 0 Å². The van der Waals surface area contributed by atoms with E-state index < -0.39 is 0 Å². The van der Waals surface area contributed by atoms with Crippen molar-refractivity contribution in [2.45, 2.75) is 6.42 Å². The molecule has 0 N–H and O–H groups in total. The van der Waals surface area contributed by atoms with Crippen LogP contribution in [-0.4, -0.2) is 0 Å². The van der Waals surface area contributed by atoms with E-state index in [1.54, 1.807) is 0 Å². The van der Waals surface area contributed by atoms with Crippen molar-refractivity contribution in [3.8, 4) is 0 Å². The van der Waals surface area contributed by atoms with Crippen molar-refractivity contribution in [3.05, 3.63) is 12.1 Å². The van der Waals surface area contributed by atoms with Crippen LogP contribution in [0.15, 0.2) is 5.17 Å². The number of allylic oxidation sites excluding steroid dienone is 1. The van der Waals surface area contributed by atoms with Gasteiger partial charge in [0.25, 0.3) is 0 Å². The van der Waals surface area contributed by atoms with Gasteiger partial charge in [0.05, 0.1) is 1.59 Å². The highest BCUT2D eigenvalue weighted by molar-refractivity contribution is 14.2. The molecule has 0 aromatic rings. The molecule has 0 aliphatic heterocycles. The zero-order valence-corrected chi connectivity index (χ0v) is 10.0. The molecule has 7 heavy (non-hydrogen) atoms. The van der Waals surface area contributed by atoms with Gasteiger partial charge >= 0.3 is 0 Å². The Bertz CT molecular complexity index is 80.9. The first-order valence-corrected chi connectivity index (χ1v) is 4.91. The lowest BCUT2D eigenvalue weighted by Gasteiger charge is -1.88. The number of rotatable bonds is 1. The van der Waals surface area contributed by atoms with Crippen LogP contribution in [0, 0.1) is 6.92 Å². The Labute approximate surface area is 84.9 Å². The molecule has 0 nitrogen and oxygen atoms in total. The van der Waals surface area contributed by atoms with Gasteiger partial charge in [-0.3, -0.25) is 0 Å². The summed E-state index contributed by atoms with van der Waals surface area (Å²) in [6, 6.07) is 0. The summed E-state index contributed by atoms with van der Waals surface area (Å²) in [4.78, 5) is 0. The van der Waals surface area contributed by atoms with E-state index in [2.05, 4.69) is 74.7 Å². The van der Waals surface area contributed by atoms with Gasteiger partial charge in [0.15, 0.2) is 0 Å². The van der Waals surface area contributed by atoms with Gasteiger partial charge in [-0.15, -0.1) is 0 Å². The van der Waals surface area contributed by atoms with E-state index in [1.165, 1.54) is 5.17 Å². The van der Waals surface area contributed by atoms with Crippen LogP contribution >= 0.6 is 67.8 Å². The minimum Gasteiger partial charge on any atom is -0.0484 e. The molecule has 0 bridgehead atoms. The molecule has 0 spiro atoms. The average Bonchev–Trinajstić information content (AvgIpc) is 1.65. The Balaban J connectivity index is 3.72. The van der Waals surface area contributed by atoms with E-state index in [-0.39, 0.29) is 0 Å². The van der Waals surface area contributed by atoms with E-state index in [9.17, 15) is 0 Å². The SMILES string of the molecule is [CH2]CC(I)=C(I)I. The van der Waals surface area contributed by atoms with E-state index in [0.717, 1.165) is 6.42 Å². The Morgan fingerprint density at radius 3 is 1.71 bits per heavy atom. The Morgan fingerprint density at radius 1 is 1.29 bits per heavy atom. The van der Waals surface area contributed by atoms with Crippen LogP contribution in [0.25, 0.3) is 0 Å². The lowest BCUT2D eigenvalue weighted by Crippen LogP contribution is -1.61. The Morgan fingerprint density at radius 2 is 1.71 bits per heavy atom. The molecule has 1 radical (unpaired) electrons. The number of hydrogen-bond acceptors (Lipinski definition) is 0. The quantitative estimate of drug-likeness (QED) is 0.555. The molecule has 0 aromatic carbocycles. The summed E-state index contributed by atoms with van der Waals surface area (Å²) < 4.78 is 2.67. The van der Waals surface area contributed by atoms with Gasteiger partial charge in [-0.25, -0.2) is 0 Å². The molecular formula is C4H4I3. The fourth-order valence-electron chi connectivity index (χ4n) is 0.0945. The second-order valence-corrected chi connectivity index (χ2v) is 6.44. The maximum atomic E-state index is 3.73. The molecule has 0 atom stereocenters. The van der Waals surface area contributed by atoms with Crippen molar-refractivity contribution in [2.24, 2.45) is 0 Å². The van der Waals surface area contributed by atoms with E-state index >= 15 is 0 Å². The van der Waals surface area contributed by atoms with Gasteiger partial charge in [0, 0.05) is 3.58 Å². The summed E-state index contributed by atoms with van der Waals surface area (Å²) in [5.41, 5.74) is 0. The van der Waals surface area contributed by atoms with Gasteiger partial charge in [0.1, 0.15) is 0 Å². The van der Waals surface area contributed by atoms with Crippen molar-refractivity contribution in [1.29, 1.82) is 0 Å². The standard InChI is InChI=1S/C4H4I3/c1-2-3(5)4(6)7/h1-2H2. The molecule has 0 unspecified atom stereocenters. The monoisotopic (exact) mass is 433 g/mol. The first-order chi connectivity index (χ1) is 3.18. The first-order valence-electron chi connectivity index (χ1n) is 1.67. The lowest BCUT2D eigenvalue weighted by atomic mass is 10.5. The summed E-state index contributed by atoms with van der Waals surface area (Å²) >= 11 is 6.87. The maximum absolute atomic E-state index is 3.73. The van der Waals surface area contributed by atoms with Gasteiger partial charge in [-0.05, 0) is 81.1 Å². The number of hydrogen-bond donors (Lipinski definition) is 0. The van der Waals surface area contributed by atoms with E-state index in [1.807, 2.05) is 0 Å². The minimum absolute atomic E-state index is 0.918. The maximum Gasteiger partial charge on any atom is 0.0606 e. The molecule has 0 aliphatic carbocycles. The van der Waals surface area contributed by atoms with Gasteiger partial charge in [0.2, 0.25) is 0 Å². The normalized spacial score (nSPS) is 8.57. The molecule has 0 saturated heterocycles. The zero-order valence-electron chi connectivity index (χ0n) is 3.55. The third-order valence-electron chi connectivity index (χ3n) is 0.425. The van der Waals surface area contributed by atoms with Crippen molar-refractivity contribution >= 4 is 67.8 Å². The largest absolute Gasteiger partial charge is 0.0606 e. The number of halogens is 3. The molecule has 0 aromatic heterocycles. The second kappa shape index (κ2) is 4.78. The van der Waals surface area contributed by atoms with Crippen molar-refractivity contribution < 1.29 is 0 Å². The van der Waals surface area contributed by atoms with Crippen LogP contribution in [0.2, 0.25) is 0 Å². The molecule has 0 heterocycles. The molecular weight excluding hydrogens is 429 g/mol. The predicted octanol–water partition coefficient (Wildman–Crippen LogP) is 3.68. The summed E-state index contributed by atoms with van der Waals surface area (Å²) in [6.45, 7) is 3.73. The molecule has 0 aliphatic rings. The van der Waals surface area contributed by atoms with Crippen LogP contribution in [0.3, 0.4) is 0 Å². The Hall–Kier alpha value is 1.93. The molecule has 0 amide bonds. The van der Waals surface area contributed by atoms with Crippen molar-refractivity contribution in [3.63, 3.8) is 0 Å². The molecule has 0 fully saturated rings. The predicted molar refractivity (Wildman–Crippen MR) is 59.1 cm³/mol. The fourth-order valence-corrected chi connectivity index (χ4v) is 0.634. The minimum atomic E-state index is 0.918. The third kappa shape index (κ3) is 4.43. The van der Waals surface area contributed by atoms with Crippen LogP contribution in [0.4, 0.5) is 0 Å².